The van der Waals surface area contributed by atoms with E-state index in [1.165, 1.54) is 0 Å². The Balaban J connectivity index is 1.96. The second kappa shape index (κ2) is 4.24. The smallest absolute Gasteiger partial charge is 0.117 e. The molecule has 0 radical (unpaired) electrons. The summed E-state index contributed by atoms with van der Waals surface area (Å²) < 4.78 is 0. The molecule has 4 rings (SSSR count). The zero-order valence-electron chi connectivity index (χ0n) is 11.2. The Hall–Kier alpha value is -3.01. The van der Waals surface area contributed by atoms with Gasteiger partial charge in [0.25, 0.3) is 0 Å². The van der Waals surface area contributed by atoms with Gasteiger partial charge in [-0.2, -0.15) is 0 Å². The van der Waals surface area contributed by atoms with Gasteiger partial charge in [-0.25, -0.2) is 0 Å². The summed E-state index contributed by atoms with van der Waals surface area (Å²) in [6.07, 6.45) is 1.81. The van der Waals surface area contributed by atoms with Gasteiger partial charge in [-0.3, -0.25) is 4.98 Å². The van der Waals surface area contributed by atoms with Gasteiger partial charge in [-0.05, 0) is 24.3 Å². The van der Waals surface area contributed by atoms with Crippen molar-refractivity contribution in [3.8, 4) is 16.9 Å². The summed E-state index contributed by atoms with van der Waals surface area (Å²) in [7, 11) is 0. The average molecular weight is 275 g/mol. The molecule has 4 heteroatoms. The van der Waals surface area contributed by atoms with Crippen LogP contribution < -0.4 is 5.73 Å². The summed E-state index contributed by atoms with van der Waals surface area (Å²) in [4.78, 5) is 7.93. The number of nitrogens with two attached hydrogens (primary N) is 1. The molecule has 0 aliphatic heterocycles. The third-order valence-corrected chi connectivity index (χ3v) is 3.69. The molecule has 0 aliphatic rings. The highest BCUT2D eigenvalue weighted by Gasteiger charge is 2.09. The van der Waals surface area contributed by atoms with E-state index in [9.17, 15) is 5.11 Å². The van der Waals surface area contributed by atoms with Crippen LogP contribution in [0.5, 0.6) is 5.75 Å². The van der Waals surface area contributed by atoms with Crippen LogP contribution in [0.2, 0.25) is 0 Å². The third-order valence-electron chi connectivity index (χ3n) is 3.69. The predicted octanol–water partition coefficient (Wildman–Crippen LogP) is 3.67. The number of hydrogen-bond acceptors (Lipinski definition) is 3. The number of nitrogen functional groups attached to an aromatic ring is 1. The normalized spacial score (nSPS) is 11.2. The van der Waals surface area contributed by atoms with E-state index in [4.69, 9.17) is 5.73 Å². The minimum atomic E-state index is 0.163. The summed E-state index contributed by atoms with van der Waals surface area (Å²) in [5.74, 6) is 0.163. The molecule has 0 amide bonds. The lowest BCUT2D eigenvalue weighted by molar-refractivity contribution is 0.476. The van der Waals surface area contributed by atoms with Gasteiger partial charge < -0.3 is 15.8 Å². The van der Waals surface area contributed by atoms with Crippen LogP contribution in [0.25, 0.3) is 33.1 Å². The van der Waals surface area contributed by atoms with Gasteiger partial charge in [0, 0.05) is 40.0 Å². The SMILES string of the molecule is Nc1cc(O)ccc1-c1cnc2c(c1)[nH]c1ccccc12. The number of nitrogens with zero attached hydrogens (tertiary/aromatic N) is 1. The molecular weight excluding hydrogens is 262 g/mol. The lowest BCUT2D eigenvalue weighted by Crippen LogP contribution is -1.90. The van der Waals surface area contributed by atoms with Gasteiger partial charge >= 0.3 is 0 Å². The van der Waals surface area contributed by atoms with Crippen molar-refractivity contribution in [3.63, 3.8) is 0 Å². The highest BCUT2D eigenvalue weighted by atomic mass is 16.3. The lowest BCUT2D eigenvalue weighted by atomic mass is 10.0. The molecule has 2 aromatic heterocycles. The molecule has 0 unspecified atom stereocenters. The first kappa shape index (κ1) is 11.8. The maximum absolute atomic E-state index is 9.45. The van der Waals surface area contributed by atoms with Crippen LogP contribution in [-0.2, 0) is 0 Å². The van der Waals surface area contributed by atoms with E-state index in [-0.39, 0.29) is 5.75 Å². The number of phenolic OH excluding ortho intramolecular Hbond substituents is 1. The number of para-hydroxylation sites is 1. The predicted molar refractivity (Wildman–Crippen MR) is 85.1 cm³/mol. The molecule has 0 atom stereocenters. The summed E-state index contributed by atoms with van der Waals surface area (Å²) in [5, 5.41) is 10.6. The third kappa shape index (κ3) is 1.80. The Labute approximate surface area is 120 Å². The summed E-state index contributed by atoms with van der Waals surface area (Å²) >= 11 is 0. The first-order valence-corrected chi connectivity index (χ1v) is 6.68. The molecule has 4 aromatic rings. The van der Waals surface area contributed by atoms with Crippen LogP contribution in [-0.4, -0.2) is 15.1 Å². The molecule has 4 nitrogen and oxygen atoms in total. The number of aromatic hydroxyl groups is 1. The fourth-order valence-corrected chi connectivity index (χ4v) is 2.68. The molecule has 2 aromatic carbocycles. The van der Waals surface area contributed by atoms with Gasteiger partial charge in [-0.15, -0.1) is 0 Å². The number of phenols is 1. The van der Waals surface area contributed by atoms with Gasteiger partial charge in [-0.1, -0.05) is 18.2 Å². The van der Waals surface area contributed by atoms with E-state index < -0.39 is 0 Å². The van der Waals surface area contributed by atoms with Crippen molar-refractivity contribution < 1.29 is 5.11 Å². The summed E-state index contributed by atoms with van der Waals surface area (Å²) in [6.45, 7) is 0. The van der Waals surface area contributed by atoms with Crippen molar-refractivity contribution in [1.29, 1.82) is 0 Å². The second-order valence-electron chi connectivity index (χ2n) is 5.06. The maximum atomic E-state index is 9.45. The van der Waals surface area contributed by atoms with Gasteiger partial charge in [0.2, 0.25) is 0 Å². The number of aromatic nitrogens is 2. The van der Waals surface area contributed by atoms with E-state index in [0.29, 0.717) is 5.69 Å². The number of H-pyrrole nitrogens is 1. The Morgan fingerprint density at radius 2 is 1.86 bits per heavy atom. The Morgan fingerprint density at radius 1 is 1.00 bits per heavy atom. The highest BCUT2D eigenvalue weighted by Crippen LogP contribution is 2.31. The van der Waals surface area contributed by atoms with E-state index in [2.05, 4.69) is 16.0 Å². The molecule has 0 saturated carbocycles. The maximum Gasteiger partial charge on any atom is 0.117 e. The Bertz CT molecular complexity index is 972. The topological polar surface area (TPSA) is 74.9 Å². The van der Waals surface area contributed by atoms with E-state index in [1.807, 2.05) is 30.5 Å². The van der Waals surface area contributed by atoms with E-state index in [0.717, 1.165) is 33.1 Å². The lowest BCUT2D eigenvalue weighted by Gasteiger charge is -2.06. The molecular formula is C17H13N3O. The number of rotatable bonds is 1. The molecule has 0 fully saturated rings. The van der Waals surface area contributed by atoms with Crippen LogP contribution in [0.3, 0.4) is 0 Å². The highest BCUT2D eigenvalue weighted by molar-refractivity contribution is 6.05. The zero-order valence-corrected chi connectivity index (χ0v) is 11.2. The van der Waals surface area contributed by atoms with Gasteiger partial charge in [0.15, 0.2) is 0 Å². The Morgan fingerprint density at radius 3 is 2.71 bits per heavy atom. The van der Waals surface area contributed by atoms with E-state index in [1.54, 1.807) is 18.2 Å². The van der Waals surface area contributed by atoms with Crippen LogP contribution in [0.4, 0.5) is 5.69 Å². The molecule has 21 heavy (non-hydrogen) atoms. The quantitative estimate of drug-likeness (QED) is 0.464. The molecule has 0 aliphatic carbocycles. The van der Waals surface area contributed by atoms with Crippen molar-refractivity contribution >= 4 is 27.6 Å². The summed E-state index contributed by atoms with van der Waals surface area (Å²) in [5.41, 5.74) is 11.3. The van der Waals surface area contributed by atoms with Crippen LogP contribution in [0.15, 0.2) is 54.7 Å². The minimum absolute atomic E-state index is 0.163. The molecule has 0 spiro atoms. The number of hydrogen-bond donors (Lipinski definition) is 3. The van der Waals surface area contributed by atoms with Crippen molar-refractivity contribution in [3.05, 3.63) is 54.7 Å². The first-order valence-electron chi connectivity index (χ1n) is 6.68. The molecule has 4 N–H and O–H groups in total. The summed E-state index contributed by atoms with van der Waals surface area (Å²) in [6, 6.07) is 15.1. The average Bonchev–Trinajstić information content (AvgIpc) is 2.84. The van der Waals surface area contributed by atoms with Crippen molar-refractivity contribution in [1.82, 2.24) is 9.97 Å². The fraction of sp³-hybridized carbons (Fsp3) is 0. The number of fused-ring (bicyclic) bond motifs is 3. The molecule has 102 valence electrons. The fourth-order valence-electron chi connectivity index (χ4n) is 2.68. The molecule has 0 saturated heterocycles. The molecule has 0 bridgehead atoms. The van der Waals surface area contributed by atoms with Crippen LogP contribution in [0.1, 0.15) is 0 Å². The Kier molecular flexibility index (Phi) is 2.38. The van der Waals surface area contributed by atoms with Gasteiger partial charge in [0.05, 0.1) is 11.0 Å². The largest absolute Gasteiger partial charge is 0.508 e. The monoisotopic (exact) mass is 275 g/mol. The van der Waals surface area contributed by atoms with Crippen LogP contribution in [0, 0.1) is 0 Å². The standard InChI is InChI=1S/C17H13N3O/c18-14-8-11(21)5-6-12(14)10-7-16-17(19-9-10)13-3-1-2-4-15(13)20-16/h1-9,20-21H,18H2. The van der Waals surface area contributed by atoms with Crippen LogP contribution >= 0.6 is 0 Å². The molecule has 2 heterocycles. The van der Waals surface area contributed by atoms with Crippen molar-refractivity contribution in [2.75, 3.05) is 5.73 Å². The van der Waals surface area contributed by atoms with Gasteiger partial charge in [0.1, 0.15) is 5.75 Å². The number of anilines is 1. The van der Waals surface area contributed by atoms with Crippen molar-refractivity contribution in [2.24, 2.45) is 0 Å². The van der Waals surface area contributed by atoms with E-state index >= 15 is 0 Å². The zero-order chi connectivity index (χ0) is 14.4. The van der Waals surface area contributed by atoms with Crippen molar-refractivity contribution in [2.45, 2.75) is 0 Å². The minimum Gasteiger partial charge on any atom is -0.508 e. The number of nitrogens with one attached hydrogen (secondary N) is 1. The number of benzene rings is 2. The number of pyridine rings is 1. The second-order valence-corrected chi connectivity index (χ2v) is 5.06. The number of aromatic amines is 1. The first-order chi connectivity index (χ1) is 10.2.